The van der Waals surface area contributed by atoms with E-state index in [0.717, 1.165) is 10.2 Å². The van der Waals surface area contributed by atoms with Gasteiger partial charge in [-0.1, -0.05) is 30.3 Å². The summed E-state index contributed by atoms with van der Waals surface area (Å²) in [5.74, 6) is 0. The molecule has 2 rings (SSSR count). The topological polar surface area (TPSA) is 12.0 Å². The van der Waals surface area contributed by atoms with E-state index < -0.39 is 0 Å². The van der Waals surface area contributed by atoms with E-state index in [1.165, 1.54) is 10.8 Å². The molecule has 0 spiro atoms. The van der Waals surface area contributed by atoms with E-state index >= 15 is 0 Å². The molecule has 0 saturated heterocycles. The lowest BCUT2D eigenvalue weighted by atomic mass is 10.1. The van der Waals surface area contributed by atoms with Crippen LogP contribution in [-0.4, -0.2) is 7.05 Å². The van der Waals surface area contributed by atoms with E-state index in [1.807, 2.05) is 19.2 Å². The Hall–Kier alpha value is -1.02. The number of anilines is 1. The van der Waals surface area contributed by atoms with Crippen molar-refractivity contribution in [2.24, 2.45) is 0 Å². The average Bonchev–Trinajstić information content (AvgIpc) is 2.19. The number of rotatable bonds is 1. The largest absolute Gasteiger partial charge is 0.387 e. The molecule has 0 aromatic heterocycles. The van der Waals surface area contributed by atoms with E-state index in [-0.39, 0.29) is 0 Å². The molecule has 0 atom stereocenters. The van der Waals surface area contributed by atoms with Gasteiger partial charge in [-0.2, -0.15) is 0 Å². The maximum atomic E-state index is 3.58. The molecule has 0 aliphatic heterocycles. The SMILES string of the molecule is CNc1ccc2ccccc2c1Br. The maximum Gasteiger partial charge on any atom is 0.0488 e. The first kappa shape index (κ1) is 8.57. The third-order valence-electron chi connectivity index (χ3n) is 2.13. The number of benzene rings is 2. The van der Waals surface area contributed by atoms with Crippen LogP contribution in [0.3, 0.4) is 0 Å². The molecular weight excluding hydrogens is 226 g/mol. The van der Waals surface area contributed by atoms with Crippen molar-refractivity contribution in [2.45, 2.75) is 0 Å². The van der Waals surface area contributed by atoms with Gasteiger partial charge in [-0.3, -0.25) is 0 Å². The lowest BCUT2D eigenvalue weighted by Crippen LogP contribution is -1.89. The molecule has 0 radical (unpaired) electrons. The second-order valence-corrected chi connectivity index (χ2v) is 3.69. The van der Waals surface area contributed by atoms with Crippen LogP contribution < -0.4 is 5.32 Å². The van der Waals surface area contributed by atoms with E-state index in [4.69, 9.17) is 0 Å². The fourth-order valence-corrected chi connectivity index (χ4v) is 2.12. The molecule has 1 nitrogen and oxygen atoms in total. The molecule has 2 aromatic rings. The number of fused-ring (bicyclic) bond motifs is 1. The van der Waals surface area contributed by atoms with Crippen LogP contribution in [0.5, 0.6) is 0 Å². The molecule has 0 aliphatic rings. The van der Waals surface area contributed by atoms with Crippen LogP contribution in [0.1, 0.15) is 0 Å². The smallest absolute Gasteiger partial charge is 0.0488 e. The van der Waals surface area contributed by atoms with Gasteiger partial charge in [0.05, 0.1) is 0 Å². The minimum atomic E-state index is 1.12. The Morgan fingerprint density at radius 1 is 1.08 bits per heavy atom. The van der Waals surface area contributed by atoms with E-state index in [0.29, 0.717) is 0 Å². The number of hydrogen-bond acceptors (Lipinski definition) is 1. The number of nitrogens with one attached hydrogen (secondary N) is 1. The predicted octanol–water partition coefficient (Wildman–Crippen LogP) is 3.64. The Labute approximate surface area is 85.9 Å². The summed E-state index contributed by atoms with van der Waals surface area (Å²) in [6.45, 7) is 0. The Bertz CT molecular complexity index is 437. The molecular formula is C11H10BrN. The van der Waals surface area contributed by atoms with Gasteiger partial charge in [0.25, 0.3) is 0 Å². The highest BCUT2D eigenvalue weighted by atomic mass is 79.9. The molecule has 0 aliphatic carbocycles. The van der Waals surface area contributed by atoms with Gasteiger partial charge in [0, 0.05) is 17.2 Å². The summed E-state index contributed by atoms with van der Waals surface area (Å²) in [5, 5.41) is 5.64. The van der Waals surface area contributed by atoms with Crippen molar-refractivity contribution in [3.05, 3.63) is 40.9 Å². The number of hydrogen-bond donors (Lipinski definition) is 1. The minimum absolute atomic E-state index is 1.12. The van der Waals surface area contributed by atoms with Crippen LogP contribution >= 0.6 is 15.9 Å². The highest BCUT2D eigenvalue weighted by Gasteiger charge is 2.01. The molecule has 66 valence electrons. The van der Waals surface area contributed by atoms with E-state index in [9.17, 15) is 0 Å². The summed E-state index contributed by atoms with van der Waals surface area (Å²) in [7, 11) is 1.93. The van der Waals surface area contributed by atoms with Gasteiger partial charge in [-0.25, -0.2) is 0 Å². The molecule has 0 unspecified atom stereocenters. The predicted molar refractivity (Wildman–Crippen MR) is 61.2 cm³/mol. The third kappa shape index (κ3) is 1.42. The molecule has 2 heteroatoms. The molecule has 0 fully saturated rings. The van der Waals surface area contributed by atoms with Crippen LogP contribution in [0, 0.1) is 0 Å². The molecule has 0 bridgehead atoms. The average molecular weight is 236 g/mol. The fraction of sp³-hybridized carbons (Fsp3) is 0.0909. The summed E-state index contributed by atoms with van der Waals surface area (Å²) >= 11 is 3.58. The zero-order valence-electron chi connectivity index (χ0n) is 7.34. The maximum absolute atomic E-state index is 3.58. The van der Waals surface area contributed by atoms with Crippen molar-refractivity contribution in [1.29, 1.82) is 0 Å². The van der Waals surface area contributed by atoms with Crippen molar-refractivity contribution in [3.8, 4) is 0 Å². The fourth-order valence-electron chi connectivity index (χ4n) is 1.43. The van der Waals surface area contributed by atoms with Crippen LogP contribution in [0.4, 0.5) is 5.69 Å². The first-order chi connectivity index (χ1) is 6.33. The number of halogens is 1. The molecule has 1 N–H and O–H groups in total. The normalized spacial score (nSPS) is 10.3. The van der Waals surface area contributed by atoms with Gasteiger partial charge >= 0.3 is 0 Å². The van der Waals surface area contributed by atoms with E-state index in [1.54, 1.807) is 0 Å². The second-order valence-electron chi connectivity index (χ2n) is 2.90. The lowest BCUT2D eigenvalue weighted by molar-refractivity contribution is 1.51. The van der Waals surface area contributed by atoms with Gasteiger partial charge in [0.1, 0.15) is 0 Å². The van der Waals surface area contributed by atoms with Crippen LogP contribution in [-0.2, 0) is 0 Å². The summed E-state index contributed by atoms with van der Waals surface area (Å²) in [6.07, 6.45) is 0. The van der Waals surface area contributed by atoms with Crippen LogP contribution in [0.2, 0.25) is 0 Å². The highest BCUT2D eigenvalue weighted by molar-refractivity contribution is 9.10. The summed E-state index contributed by atoms with van der Waals surface area (Å²) < 4.78 is 1.13. The summed E-state index contributed by atoms with van der Waals surface area (Å²) in [4.78, 5) is 0. The van der Waals surface area contributed by atoms with Crippen molar-refractivity contribution in [2.75, 3.05) is 12.4 Å². The second kappa shape index (κ2) is 3.38. The molecule has 0 saturated carbocycles. The first-order valence-electron chi connectivity index (χ1n) is 4.18. The van der Waals surface area contributed by atoms with Crippen molar-refractivity contribution in [3.63, 3.8) is 0 Å². The quantitative estimate of drug-likeness (QED) is 0.796. The Morgan fingerprint density at radius 3 is 2.62 bits per heavy atom. The highest BCUT2D eigenvalue weighted by Crippen LogP contribution is 2.30. The van der Waals surface area contributed by atoms with Crippen LogP contribution in [0.25, 0.3) is 10.8 Å². The van der Waals surface area contributed by atoms with Gasteiger partial charge in [0.2, 0.25) is 0 Å². The molecule has 13 heavy (non-hydrogen) atoms. The minimum Gasteiger partial charge on any atom is -0.387 e. The van der Waals surface area contributed by atoms with Gasteiger partial charge in [-0.15, -0.1) is 0 Å². The van der Waals surface area contributed by atoms with E-state index in [2.05, 4.69) is 45.5 Å². The van der Waals surface area contributed by atoms with Crippen LogP contribution in [0.15, 0.2) is 40.9 Å². The third-order valence-corrected chi connectivity index (χ3v) is 2.99. The molecule has 0 amide bonds. The van der Waals surface area contributed by atoms with Gasteiger partial charge < -0.3 is 5.32 Å². The zero-order chi connectivity index (χ0) is 9.26. The lowest BCUT2D eigenvalue weighted by Gasteiger charge is -2.06. The Morgan fingerprint density at radius 2 is 1.85 bits per heavy atom. The summed E-state index contributed by atoms with van der Waals surface area (Å²) in [5.41, 5.74) is 1.12. The van der Waals surface area contributed by atoms with Gasteiger partial charge in [-0.05, 0) is 32.8 Å². The zero-order valence-corrected chi connectivity index (χ0v) is 8.93. The van der Waals surface area contributed by atoms with Gasteiger partial charge in [0.15, 0.2) is 0 Å². The molecule has 0 heterocycles. The van der Waals surface area contributed by atoms with Crippen molar-refractivity contribution in [1.82, 2.24) is 0 Å². The van der Waals surface area contributed by atoms with Crippen molar-refractivity contribution >= 4 is 32.4 Å². The standard InChI is InChI=1S/C11H10BrN/c1-13-10-7-6-8-4-2-3-5-9(8)11(10)12/h2-7,13H,1H3. The monoisotopic (exact) mass is 235 g/mol. The summed E-state index contributed by atoms with van der Waals surface area (Å²) in [6, 6.07) is 12.5. The Kier molecular flexibility index (Phi) is 2.23. The molecule has 2 aromatic carbocycles. The Balaban J connectivity index is 2.79. The van der Waals surface area contributed by atoms with Crippen molar-refractivity contribution < 1.29 is 0 Å². The first-order valence-corrected chi connectivity index (χ1v) is 4.97.